The van der Waals surface area contributed by atoms with Crippen molar-refractivity contribution in [2.45, 2.75) is 13.0 Å². The molecule has 1 aliphatic rings. The van der Waals surface area contributed by atoms with Crippen LogP contribution in [0.5, 0.6) is 0 Å². The van der Waals surface area contributed by atoms with Gasteiger partial charge in [0.2, 0.25) is 5.91 Å². The molecule has 166 valence electrons. The van der Waals surface area contributed by atoms with Crippen molar-refractivity contribution in [2.24, 2.45) is 5.73 Å². The summed E-state index contributed by atoms with van der Waals surface area (Å²) in [5.74, 6) is -0.614. The van der Waals surface area contributed by atoms with Crippen LogP contribution in [0.1, 0.15) is 38.2 Å². The molecule has 0 radical (unpaired) electrons. The van der Waals surface area contributed by atoms with Crippen molar-refractivity contribution in [1.29, 1.82) is 0 Å². The first-order valence-corrected chi connectivity index (χ1v) is 10.7. The van der Waals surface area contributed by atoms with E-state index in [0.717, 1.165) is 22.5 Å². The average molecular weight is 441 g/mol. The van der Waals surface area contributed by atoms with Crippen LogP contribution in [-0.4, -0.2) is 50.8 Å². The molecule has 3 aromatic heterocycles. The number of carbonyl (C=O) groups excluding carboxylic acids is 2. The molecule has 33 heavy (non-hydrogen) atoms. The number of imidazole rings is 1. The summed E-state index contributed by atoms with van der Waals surface area (Å²) in [7, 11) is 0. The van der Waals surface area contributed by atoms with Gasteiger partial charge in [-0.3, -0.25) is 9.59 Å². The van der Waals surface area contributed by atoms with E-state index in [1.54, 1.807) is 29.3 Å². The summed E-state index contributed by atoms with van der Waals surface area (Å²) in [6, 6.07) is 16.6. The Morgan fingerprint density at radius 2 is 1.94 bits per heavy atom. The predicted molar refractivity (Wildman–Crippen MR) is 123 cm³/mol. The summed E-state index contributed by atoms with van der Waals surface area (Å²) in [5.41, 5.74) is 10.3. The molecule has 1 saturated heterocycles. The molecule has 4 heterocycles. The van der Waals surface area contributed by atoms with Crippen LogP contribution in [0.4, 0.5) is 0 Å². The van der Waals surface area contributed by atoms with Crippen LogP contribution >= 0.6 is 0 Å². The minimum Gasteiger partial charge on any atom is -0.368 e. The van der Waals surface area contributed by atoms with Crippen LogP contribution in [0.25, 0.3) is 16.9 Å². The lowest BCUT2D eigenvalue weighted by atomic mass is 10.1. The highest BCUT2D eigenvalue weighted by Gasteiger charge is 2.28. The molecule has 0 aliphatic carbocycles. The predicted octanol–water partition coefficient (Wildman–Crippen LogP) is 3.02. The van der Waals surface area contributed by atoms with Crippen LogP contribution in [0, 0.1) is 6.92 Å². The molecule has 5 rings (SSSR count). The minimum absolute atomic E-state index is 0.128. The van der Waals surface area contributed by atoms with E-state index in [1.807, 2.05) is 53.9 Å². The number of aryl methyl sites for hydroxylation is 1. The highest BCUT2D eigenvalue weighted by molar-refractivity contribution is 5.94. The smallest absolute Gasteiger partial charge is 0.274 e. The fourth-order valence-corrected chi connectivity index (χ4v) is 4.05. The Balaban J connectivity index is 1.38. The molecule has 0 bridgehead atoms. The SMILES string of the molecule is Cc1cccn2cc(C(=O)N3CCO[C@H](c4cccc(-c5cccc(C(N)=O)c5)n4)C3)nc12. The Labute approximate surface area is 190 Å². The number of aromatic nitrogens is 3. The number of ether oxygens (including phenoxy) is 1. The summed E-state index contributed by atoms with van der Waals surface area (Å²) >= 11 is 0. The van der Waals surface area contributed by atoms with Gasteiger partial charge in [0, 0.05) is 30.1 Å². The normalized spacial score (nSPS) is 16.2. The summed E-state index contributed by atoms with van der Waals surface area (Å²) in [4.78, 5) is 35.7. The fourth-order valence-electron chi connectivity index (χ4n) is 4.05. The number of nitrogens with two attached hydrogens (primary N) is 1. The maximum Gasteiger partial charge on any atom is 0.274 e. The van der Waals surface area contributed by atoms with E-state index in [0.29, 0.717) is 36.6 Å². The van der Waals surface area contributed by atoms with Gasteiger partial charge in [-0.05, 0) is 42.8 Å². The second kappa shape index (κ2) is 8.48. The average Bonchev–Trinajstić information content (AvgIpc) is 3.30. The monoisotopic (exact) mass is 441 g/mol. The van der Waals surface area contributed by atoms with Gasteiger partial charge in [0.15, 0.2) is 0 Å². The first-order valence-electron chi connectivity index (χ1n) is 10.7. The molecule has 1 atom stereocenters. The number of amides is 2. The highest BCUT2D eigenvalue weighted by Crippen LogP contribution is 2.25. The van der Waals surface area contributed by atoms with Crippen molar-refractivity contribution in [3.05, 3.63) is 89.5 Å². The van der Waals surface area contributed by atoms with Crippen LogP contribution in [0.15, 0.2) is 67.0 Å². The second-order valence-electron chi connectivity index (χ2n) is 8.05. The molecule has 0 saturated carbocycles. The van der Waals surface area contributed by atoms with Crippen molar-refractivity contribution in [2.75, 3.05) is 19.7 Å². The van der Waals surface area contributed by atoms with E-state index in [1.165, 1.54) is 0 Å². The number of rotatable bonds is 4. The van der Waals surface area contributed by atoms with E-state index in [4.69, 9.17) is 15.5 Å². The topological polar surface area (TPSA) is 103 Å². The Morgan fingerprint density at radius 3 is 2.76 bits per heavy atom. The number of hydrogen-bond acceptors (Lipinski definition) is 5. The largest absolute Gasteiger partial charge is 0.368 e. The Kier molecular flexibility index (Phi) is 5.35. The van der Waals surface area contributed by atoms with Gasteiger partial charge in [-0.2, -0.15) is 0 Å². The van der Waals surface area contributed by atoms with Gasteiger partial charge in [0.25, 0.3) is 5.91 Å². The number of pyridine rings is 2. The maximum absolute atomic E-state index is 13.2. The standard InChI is InChI=1S/C25H23N5O3/c1-16-5-4-10-29-14-21(28-24(16)29)25(32)30-11-12-33-22(15-30)20-9-3-8-19(27-20)17-6-2-7-18(13-17)23(26)31/h2-10,13-14,22H,11-12,15H2,1H3,(H2,26,31)/t22-/m0/s1. The van der Waals surface area contributed by atoms with Crippen molar-refractivity contribution < 1.29 is 14.3 Å². The third kappa shape index (κ3) is 4.08. The second-order valence-corrected chi connectivity index (χ2v) is 8.05. The summed E-state index contributed by atoms with van der Waals surface area (Å²) in [6.07, 6.45) is 3.29. The van der Waals surface area contributed by atoms with E-state index < -0.39 is 5.91 Å². The molecule has 2 amide bonds. The van der Waals surface area contributed by atoms with Crippen molar-refractivity contribution in [3.8, 4) is 11.3 Å². The van der Waals surface area contributed by atoms with Crippen molar-refractivity contribution in [3.63, 3.8) is 0 Å². The lowest BCUT2D eigenvalue weighted by Gasteiger charge is -2.32. The number of morpholine rings is 1. The number of fused-ring (bicyclic) bond motifs is 1. The Morgan fingerprint density at radius 1 is 1.09 bits per heavy atom. The lowest BCUT2D eigenvalue weighted by Crippen LogP contribution is -2.42. The van der Waals surface area contributed by atoms with Gasteiger partial charge in [-0.25, -0.2) is 9.97 Å². The maximum atomic E-state index is 13.2. The van der Waals surface area contributed by atoms with Gasteiger partial charge in [0.05, 0.1) is 24.5 Å². The molecule has 0 spiro atoms. The molecule has 8 nitrogen and oxygen atoms in total. The Hall–Kier alpha value is -4.04. The van der Waals surface area contributed by atoms with Gasteiger partial charge in [-0.1, -0.05) is 24.3 Å². The van der Waals surface area contributed by atoms with Gasteiger partial charge >= 0.3 is 0 Å². The zero-order valence-electron chi connectivity index (χ0n) is 18.1. The number of primary amides is 1. The molecule has 0 unspecified atom stereocenters. The molecule has 1 aliphatic heterocycles. The quantitative estimate of drug-likeness (QED) is 0.524. The zero-order chi connectivity index (χ0) is 22.9. The molecule has 1 aromatic carbocycles. The fraction of sp³-hybridized carbons (Fsp3) is 0.200. The van der Waals surface area contributed by atoms with Crippen LogP contribution in [-0.2, 0) is 4.74 Å². The first kappa shape index (κ1) is 20.8. The van der Waals surface area contributed by atoms with Gasteiger partial charge in [0.1, 0.15) is 17.4 Å². The van der Waals surface area contributed by atoms with Crippen LogP contribution in [0.3, 0.4) is 0 Å². The molecule has 4 aromatic rings. The van der Waals surface area contributed by atoms with Crippen molar-refractivity contribution in [1.82, 2.24) is 19.3 Å². The van der Waals surface area contributed by atoms with Crippen LogP contribution < -0.4 is 5.73 Å². The minimum atomic E-state index is -0.486. The molecular weight excluding hydrogens is 418 g/mol. The molecule has 8 heteroatoms. The third-order valence-corrected chi connectivity index (χ3v) is 5.79. The number of carbonyl (C=O) groups is 2. The first-order chi connectivity index (χ1) is 16.0. The summed E-state index contributed by atoms with van der Waals surface area (Å²) < 4.78 is 7.82. The number of benzene rings is 1. The molecule has 2 N–H and O–H groups in total. The summed E-state index contributed by atoms with van der Waals surface area (Å²) in [5, 5.41) is 0. The summed E-state index contributed by atoms with van der Waals surface area (Å²) in [6.45, 7) is 3.25. The lowest BCUT2D eigenvalue weighted by molar-refractivity contribution is -0.0248. The number of nitrogens with zero attached hydrogens (tertiary/aromatic N) is 4. The molecule has 1 fully saturated rings. The van der Waals surface area contributed by atoms with E-state index >= 15 is 0 Å². The zero-order valence-corrected chi connectivity index (χ0v) is 18.1. The van der Waals surface area contributed by atoms with Crippen molar-refractivity contribution >= 4 is 17.5 Å². The third-order valence-electron chi connectivity index (χ3n) is 5.79. The van der Waals surface area contributed by atoms with E-state index in [-0.39, 0.29) is 12.0 Å². The van der Waals surface area contributed by atoms with Gasteiger partial charge in [-0.15, -0.1) is 0 Å². The Bertz CT molecular complexity index is 1360. The highest BCUT2D eigenvalue weighted by atomic mass is 16.5. The van der Waals surface area contributed by atoms with Gasteiger partial charge < -0.3 is 19.8 Å². The van der Waals surface area contributed by atoms with E-state index in [2.05, 4.69) is 4.98 Å². The van der Waals surface area contributed by atoms with E-state index in [9.17, 15) is 9.59 Å². The van der Waals surface area contributed by atoms with Crippen LogP contribution in [0.2, 0.25) is 0 Å². The number of hydrogen-bond donors (Lipinski definition) is 1. The molecular formula is C25H23N5O3.